The van der Waals surface area contributed by atoms with Crippen LogP contribution in [0.3, 0.4) is 0 Å². The molecular formula is C17H28N2. The van der Waals surface area contributed by atoms with Gasteiger partial charge in [0.15, 0.2) is 0 Å². The molecule has 2 heteroatoms. The third-order valence-corrected chi connectivity index (χ3v) is 4.61. The highest BCUT2D eigenvalue weighted by atomic mass is 15.2. The normalized spacial score (nSPS) is 21.3. The van der Waals surface area contributed by atoms with Crippen molar-refractivity contribution in [3.63, 3.8) is 0 Å². The Balaban J connectivity index is 2.01. The molecular weight excluding hydrogens is 232 g/mol. The van der Waals surface area contributed by atoms with E-state index in [1.165, 1.54) is 43.5 Å². The van der Waals surface area contributed by atoms with Gasteiger partial charge in [-0.1, -0.05) is 36.8 Å². The highest BCUT2D eigenvalue weighted by molar-refractivity contribution is 5.24. The molecule has 2 atom stereocenters. The van der Waals surface area contributed by atoms with Crippen molar-refractivity contribution in [1.29, 1.82) is 0 Å². The fourth-order valence-electron chi connectivity index (χ4n) is 3.25. The number of rotatable bonds is 4. The average molecular weight is 260 g/mol. The van der Waals surface area contributed by atoms with Crippen molar-refractivity contribution < 1.29 is 0 Å². The Morgan fingerprint density at radius 2 is 1.79 bits per heavy atom. The summed E-state index contributed by atoms with van der Waals surface area (Å²) in [7, 11) is 0. The third-order valence-electron chi connectivity index (χ3n) is 4.61. The SMILES string of the molecule is CCC(c1ccc(C)cc1)N1CCC(C(C)N)CC1. The topological polar surface area (TPSA) is 29.3 Å². The van der Waals surface area contributed by atoms with Crippen molar-refractivity contribution >= 4 is 0 Å². The first-order chi connectivity index (χ1) is 9.11. The van der Waals surface area contributed by atoms with Crippen LogP contribution in [0.4, 0.5) is 0 Å². The lowest BCUT2D eigenvalue weighted by molar-refractivity contribution is 0.121. The largest absolute Gasteiger partial charge is 0.328 e. The Morgan fingerprint density at radius 3 is 2.26 bits per heavy atom. The maximum Gasteiger partial charge on any atom is 0.0345 e. The molecule has 2 unspecified atom stereocenters. The average Bonchev–Trinajstić information content (AvgIpc) is 2.42. The molecule has 0 radical (unpaired) electrons. The molecule has 1 aliphatic heterocycles. The van der Waals surface area contributed by atoms with Gasteiger partial charge in [0, 0.05) is 12.1 Å². The minimum absolute atomic E-state index is 0.349. The van der Waals surface area contributed by atoms with Crippen LogP contribution in [0.25, 0.3) is 0 Å². The molecule has 0 saturated carbocycles. The van der Waals surface area contributed by atoms with Crippen LogP contribution >= 0.6 is 0 Å². The number of aryl methyl sites for hydroxylation is 1. The first-order valence-corrected chi connectivity index (χ1v) is 7.68. The van der Waals surface area contributed by atoms with Gasteiger partial charge in [0.1, 0.15) is 0 Å². The molecule has 2 N–H and O–H groups in total. The van der Waals surface area contributed by atoms with Crippen LogP contribution in [-0.4, -0.2) is 24.0 Å². The molecule has 1 aromatic rings. The van der Waals surface area contributed by atoms with Crippen LogP contribution in [0.2, 0.25) is 0 Å². The Hall–Kier alpha value is -0.860. The summed E-state index contributed by atoms with van der Waals surface area (Å²) in [6.07, 6.45) is 3.69. The minimum atomic E-state index is 0.349. The number of piperidine rings is 1. The lowest BCUT2D eigenvalue weighted by Crippen LogP contribution is -2.41. The molecule has 0 aliphatic carbocycles. The summed E-state index contributed by atoms with van der Waals surface area (Å²) in [6.45, 7) is 8.98. The Morgan fingerprint density at radius 1 is 1.21 bits per heavy atom. The molecule has 1 saturated heterocycles. The van der Waals surface area contributed by atoms with Crippen molar-refractivity contribution in [2.24, 2.45) is 11.7 Å². The Labute approximate surface area is 118 Å². The van der Waals surface area contributed by atoms with Crippen LogP contribution in [0.5, 0.6) is 0 Å². The second-order valence-corrected chi connectivity index (χ2v) is 6.07. The highest BCUT2D eigenvalue weighted by Gasteiger charge is 2.26. The molecule has 106 valence electrons. The van der Waals surface area contributed by atoms with E-state index in [2.05, 4.69) is 49.9 Å². The van der Waals surface area contributed by atoms with Gasteiger partial charge >= 0.3 is 0 Å². The molecule has 1 aromatic carbocycles. The van der Waals surface area contributed by atoms with Crippen molar-refractivity contribution in [1.82, 2.24) is 4.90 Å². The number of nitrogens with two attached hydrogens (primary N) is 1. The monoisotopic (exact) mass is 260 g/mol. The van der Waals surface area contributed by atoms with Crippen molar-refractivity contribution in [2.45, 2.75) is 52.1 Å². The number of likely N-dealkylation sites (tertiary alicyclic amines) is 1. The zero-order valence-corrected chi connectivity index (χ0v) is 12.6. The summed E-state index contributed by atoms with van der Waals surface area (Å²) in [6, 6.07) is 9.97. The van der Waals surface area contributed by atoms with Crippen molar-refractivity contribution in [3.05, 3.63) is 35.4 Å². The van der Waals surface area contributed by atoms with Gasteiger partial charge in [-0.05, 0) is 57.7 Å². The molecule has 2 nitrogen and oxygen atoms in total. The van der Waals surface area contributed by atoms with Crippen LogP contribution < -0.4 is 5.73 Å². The van der Waals surface area contributed by atoms with Crippen molar-refractivity contribution in [2.75, 3.05) is 13.1 Å². The fourth-order valence-corrected chi connectivity index (χ4v) is 3.25. The summed E-state index contributed by atoms with van der Waals surface area (Å²) in [5.74, 6) is 0.715. The van der Waals surface area contributed by atoms with Crippen molar-refractivity contribution in [3.8, 4) is 0 Å². The molecule has 0 spiro atoms. The van der Waals surface area contributed by atoms with Crippen LogP contribution in [0, 0.1) is 12.8 Å². The predicted molar refractivity (Wildman–Crippen MR) is 82.2 cm³/mol. The predicted octanol–water partition coefficient (Wildman–Crippen LogP) is 3.51. The number of hydrogen-bond donors (Lipinski definition) is 1. The van der Waals surface area contributed by atoms with Gasteiger partial charge < -0.3 is 5.73 Å². The van der Waals surface area contributed by atoms with Gasteiger partial charge in [-0.2, -0.15) is 0 Å². The Bertz CT molecular complexity index is 375. The van der Waals surface area contributed by atoms with E-state index in [0.29, 0.717) is 18.0 Å². The van der Waals surface area contributed by atoms with Crippen LogP contribution in [0.1, 0.15) is 50.3 Å². The molecule has 0 aromatic heterocycles. The van der Waals surface area contributed by atoms with E-state index in [1.54, 1.807) is 0 Å². The molecule has 1 aliphatic rings. The number of benzene rings is 1. The summed E-state index contributed by atoms with van der Waals surface area (Å²) in [4.78, 5) is 2.64. The maximum absolute atomic E-state index is 6.03. The first kappa shape index (κ1) is 14.5. The molecule has 0 amide bonds. The van der Waals surface area contributed by atoms with Crippen LogP contribution in [0.15, 0.2) is 24.3 Å². The minimum Gasteiger partial charge on any atom is -0.328 e. The molecule has 19 heavy (non-hydrogen) atoms. The maximum atomic E-state index is 6.03. The number of hydrogen-bond acceptors (Lipinski definition) is 2. The summed E-state index contributed by atoms with van der Waals surface area (Å²) in [5.41, 5.74) is 8.84. The molecule has 2 rings (SSSR count). The summed E-state index contributed by atoms with van der Waals surface area (Å²) < 4.78 is 0. The van der Waals surface area contributed by atoms with Gasteiger partial charge in [-0.25, -0.2) is 0 Å². The standard InChI is InChI=1S/C17H28N2/c1-4-17(16-7-5-13(2)6-8-16)19-11-9-15(10-12-19)14(3)18/h5-8,14-15,17H,4,9-12,18H2,1-3H3. The Kier molecular flexibility index (Phi) is 5.00. The molecule has 0 bridgehead atoms. The van der Waals surface area contributed by atoms with Gasteiger partial charge in [-0.15, -0.1) is 0 Å². The van der Waals surface area contributed by atoms with Gasteiger partial charge in [0.25, 0.3) is 0 Å². The van der Waals surface area contributed by atoms with E-state index in [0.717, 1.165) is 0 Å². The molecule has 1 fully saturated rings. The lowest BCUT2D eigenvalue weighted by atomic mass is 9.89. The van der Waals surface area contributed by atoms with E-state index in [1.807, 2.05) is 0 Å². The quantitative estimate of drug-likeness (QED) is 0.897. The van der Waals surface area contributed by atoms with E-state index >= 15 is 0 Å². The zero-order valence-electron chi connectivity index (χ0n) is 12.6. The van der Waals surface area contributed by atoms with Gasteiger partial charge in [0.2, 0.25) is 0 Å². The smallest absolute Gasteiger partial charge is 0.0345 e. The third kappa shape index (κ3) is 3.58. The first-order valence-electron chi connectivity index (χ1n) is 7.68. The second kappa shape index (κ2) is 6.53. The number of nitrogens with zero attached hydrogens (tertiary/aromatic N) is 1. The second-order valence-electron chi connectivity index (χ2n) is 6.07. The van der Waals surface area contributed by atoms with E-state index < -0.39 is 0 Å². The highest BCUT2D eigenvalue weighted by Crippen LogP contribution is 2.30. The molecule has 1 heterocycles. The van der Waals surface area contributed by atoms with E-state index in [-0.39, 0.29) is 0 Å². The lowest BCUT2D eigenvalue weighted by Gasteiger charge is -2.38. The fraction of sp³-hybridized carbons (Fsp3) is 0.647. The van der Waals surface area contributed by atoms with Crippen LogP contribution in [-0.2, 0) is 0 Å². The summed E-state index contributed by atoms with van der Waals surface area (Å²) >= 11 is 0. The van der Waals surface area contributed by atoms with E-state index in [9.17, 15) is 0 Å². The van der Waals surface area contributed by atoms with Gasteiger partial charge in [-0.3, -0.25) is 4.90 Å². The summed E-state index contributed by atoms with van der Waals surface area (Å²) in [5, 5.41) is 0. The zero-order chi connectivity index (χ0) is 13.8. The van der Waals surface area contributed by atoms with Gasteiger partial charge in [0.05, 0.1) is 0 Å². The van der Waals surface area contributed by atoms with E-state index in [4.69, 9.17) is 5.73 Å².